The number of sulfonamides is 1. The minimum Gasteiger partial charge on any atom is -0.443 e. The Labute approximate surface area is 229 Å². The minimum absolute atomic E-state index is 0.0351. The van der Waals surface area contributed by atoms with Crippen LogP contribution >= 0.6 is 0 Å². The lowest BCUT2D eigenvalue weighted by Gasteiger charge is -2.25. The Morgan fingerprint density at radius 2 is 1.79 bits per heavy atom. The summed E-state index contributed by atoms with van der Waals surface area (Å²) in [7, 11) is -0.846. The lowest BCUT2D eigenvalue weighted by molar-refractivity contribution is -0.125. The number of likely N-dealkylation sites (N-methyl/N-ethyl adjacent to an activating group) is 2. The average molecular weight is 552 g/mol. The van der Waals surface area contributed by atoms with Crippen molar-refractivity contribution in [3.05, 3.63) is 77.4 Å². The highest BCUT2D eigenvalue weighted by atomic mass is 32.2. The fourth-order valence-electron chi connectivity index (χ4n) is 3.78. The summed E-state index contributed by atoms with van der Waals surface area (Å²) in [6.07, 6.45) is 2.35. The molecule has 2 amide bonds. The van der Waals surface area contributed by atoms with Crippen LogP contribution in [0.3, 0.4) is 0 Å². The van der Waals surface area contributed by atoms with Gasteiger partial charge in [-0.2, -0.15) is 9.57 Å². The second kappa shape index (κ2) is 12.2. The molecule has 3 rings (SSSR count). The van der Waals surface area contributed by atoms with Gasteiger partial charge < -0.3 is 9.64 Å². The Hall–Kier alpha value is -4.01. The summed E-state index contributed by atoms with van der Waals surface area (Å²) in [6.45, 7) is 6.70. The zero-order valence-corrected chi connectivity index (χ0v) is 23.6. The highest BCUT2D eigenvalue weighted by Gasteiger charge is 2.29. The first kappa shape index (κ1) is 29.5. The molecule has 0 unspecified atom stereocenters. The zero-order chi connectivity index (χ0) is 28.8. The number of nitriles is 1. The van der Waals surface area contributed by atoms with Gasteiger partial charge in [0, 0.05) is 38.8 Å². The molecular weight excluding hydrogens is 518 g/mol. The highest BCUT2D eigenvalue weighted by Crippen LogP contribution is 2.19. The van der Waals surface area contributed by atoms with E-state index in [9.17, 15) is 23.3 Å². The summed E-state index contributed by atoms with van der Waals surface area (Å²) in [5, 5.41) is 9.21. The topological polar surface area (TPSA) is 123 Å². The molecule has 0 radical (unpaired) electrons. The van der Waals surface area contributed by atoms with E-state index in [4.69, 9.17) is 4.74 Å². The number of ether oxygens (including phenoxy) is 1. The van der Waals surface area contributed by atoms with Crippen LogP contribution in [-0.2, 0) is 26.1 Å². The molecular formula is C28H33N5O5S. The monoisotopic (exact) mass is 551 g/mol. The molecule has 0 saturated carbocycles. The van der Waals surface area contributed by atoms with Crippen LogP contribution in [0.5, 0.6) is 0 Å². The molecule has 2 aromatic carbocycles. The van der Waals surface area contributed by atoms with E-state index >= 15 is 0 Å². The van der Waals surface area contributed by atoms with Crippen molar-refractivity contribution < 1.29 is 22.7 Å². The number of nitrogens with zero attached hydrogens (tertiary/aromatic N) is 5. The van der Waals surface area contributed by atoms with Crippen LogP contribution in [0.15, 0.2) is 70.6 Å². The van der Waals surface area contributed by atoms with Gasteiger partial charge in [0.05, 0.1) is 23.5 Å². The molecule has 0 N–H and O–H groups in total. The number of amides is 2. The molecule has 0 saturated heterocycles. The molecule has 0 aliphatic carbocycles. The van der Waals surface area contributed by atoms with Crippen molar-refractivity contribution in [2.45, 2.75) is 37.8 Å². The summed E-state index contributed by atoms with van der Waals surface area (Å²) in [5.41, 5.74) is 1.11. The Kier molecular flexibility index (Phi) is 9.27. The van der Waals surface area contributed by atoms with Crippen LogP contribution in [0, 0.1) is 11.3 Å². The van der Waals surface area contributed by atoms with Gasteiger partial charge in [-0.25, -0.2) is 13.2 Å². The number of aliphatic imine (C=N–C) groups is 1. The van der Waals surface area contributed by atoms with Crippen molar-refractivity contribution in [2.75, 3.05) is 33.7 Å². The van der Waals surface area contributed by atoms with Gasteiger partial charge in [-0.15, -0.1) is 0 Å². The lowest BCUT2D eigenvalue weighted by Crippen LogP contribution is -2.39. The maximum atomic E-state index is 12.8. The molecule has 1 aliphatic heterocycles. The summed E-state index contributed by atoms with van der Waals surface area (Å²) >= 11 is 0. The van der Waals surface area contributed by atoms with E-state index in [1.165, 1.54) is 41.1 Å². The maximum absolute atomic E-state index is 12.8. The van der Waals surface area contributed by atoms with E-state index < -0.39 is 21.7 Å². The van der Waals surface area contributed by atoms with Gasteiger partial charge in [-0.05, 0) is 38.5 Å². The number of benzene rings is 2. The number of hydrogen-bond acceptors (Lipinski definition) is 7. The van der Waals surface area contributed by atoms with Crippen molar-refractivity contribution >= 4 is 27.9 Å². The van der Waals surface area contributed by atoms with Crippen LogP contribution in [0.4, 0.5) is 4.79 Å². The second-order valence-electron chi connectivity index (χ2n) is 10.0. The molecule has 0 aromatic heterocycles. The van der Waals surface area contributed by atoms with Crippen molar-refractivity contribution in [2.24, 2.45) is 4.99 Å². The third kappa shape index (κ3) is 7.52. The van der Waals surface area contributed by atoms with Gasteiger partial charge in [-0.1, -0.05) is 42.5 Å². The van der Waals surface area contributed by atoms with Gasteiger partial charge in [0.1, 0.15) is 17.5 Å². The number of hydrogen-bond donors (Lipinski definition) is 0. The molecule has 0 atom stereocenters. The molecule has 2 aromatic rings. The first-order valence-corrected chi connectivity index (χ1v) is 13.8. The predicted octanol–water partition coefficient (Wildman–Crippen LogP) is 3.39. The number of carbonyl (C=O) groups is 2. The normalized spacial score (nSPS) is 13.9. The van der Waals surface area contributed by atoms with Crippen molar-refractivity contribution in [1.82, 2.24) is 14.1 Å². The van der Waals surface area contributed by atoms with E-state index in [1.54, 1.807) is 19.2 Å². The standard InChI is InChI=1S/C28H33N5O5S/c1-28(2,3)38-27(35)33-18-16-30-26(33)22-14-12-21(13-15-22)20-31(4)25(34)11-8-17-32(5)39(36,37)24-10-7-6-9-23(24)19-29/h6-15H,16-18,20H2,1-5H3. The molecule has 0 fully saturated rings. The third-order valence-corrected chi connectivity index (χ3v) is 7.66. The summed E-state index contributed by atoms with van der Waals surface area (Å²) in [5.74, 6) is 0.262. The molecule has 0 bridgehead atoms. The van der Waals surface area contributed by atoms with Crippen LogP contribution in [0.25, 0.3) is 0 Å². The molecule has 1 heterocycles. The Bertz CT molecular complexity index is 1420. The lowest BCUT2D eigenvalue weighted by atomic mass is 10.1. The number of amidine groups is 1. The summed E-state index contributed by atoms with van der Waals surface area (Å²) in [6, 6.07) is 15.3. The number of rotatable bonds is 8. The average Bonchev–Trinajstić information content (AvgIpc) is 3.38. The van der Waals surface area contributed by atoms with Gasteiger partial charge in [0.15, 0.2) is 0 Å². The van der Waals surface area contributed by atoms with E-state index in [2.05, 4.69) is 4.99 Å². The van der Waals surface area contributed by atoms with Crippen LogP contribution in [0.1, 0.15) is 37.5 Å². The van der Waals surface area contributed by atoms with Crippen LogP contribution < -0.4 is 0 Å². The first-order valence-electron chi connectivity index (χ1n) is 12.3. The van der Waals surface area contributed by atoms with Crippen molar-refractivity contribution in [1.29, 1.82) is 5.26 Å². The summed E-state index contributed by atoms with van der Waals surface area (Å²) in [4.78, 5) is 32.6. The SMILES string of the molecule is CN(Cc1ccc(C2=NCCN2C(=O)OC(C)(C)C)cc1)C(=O)C=CCN(C)S(=O)(=O)c1ccccc1C#N. The number of carbonyl (C=O) groups excluding carboxylic acids is 2. The van der Waals surface area contributed by atoms with Gasteiger partial charge >= 0.3 is 6.09 Å². The molecule has 1 aliphatic rings. The van der Waals surface area contributed by atoms with Crippen LogP contribution in [-0.4, -0.2) is 79.7 Å². The zero-order valence-electron chi connectivity index (χ0n) is 22.8. The van der Waals surface area contributed by atoms with E-state index in [1.807, 2.05) is 51.1 Å². The third-order valence-electron chi connectivity index (χ3n) is 5.78. The molecule has 206 valence electrons. The Balaban J connectivity index is 1.58. The van der Waals surface area contributed by atoms with E-state index in [0.29, 0.717) is 25.5 Å². The van der Waals surface area contributed by atoms with Gasteiger partial charge in [0.25, 0.3) is 0 Å². The van der Waals surface area contributed by atoms with Gasteiger partial charge in [0.2, 0.25) is 15.9 Å². The van der Waals surface area contributed by atoms with E-state index in [0.717, 1.165) is 15.4 Å². The van der Waals surface area contributed by atoms with E-state index in [-0.39, 0.29) is 22.9 Å². The molecule has 0 spiro atoms. The first-order chi connectivity index (χ1) is 18.3. The Morgan fingerprint density at radius 3 is 2.44 bits per heavy atom. The van der Waals surface area contributed by atoms with Crippen LogP contribution in [0.2, 0.25) is 0 Å². The molecule has 10 nitrogen and oxygen atoms in total. The minimum atomic E-state index is -3.89. The van der Waals surface area contributed by atoms with Crippen molar-refractivity contribution in [3.8, 4) is 6.07 Å². The molecule has 11 heteroatoms. The fraction of sp³-hybridized carbons (Fsp3) is 0.357. The highest BCUT2D eigenvalue weighted by molar-refractivity contribution is 7.89. The fourth-order valence-corrected chi connectivity index (χ4v) is 5.04. The predicted molar refractivity (Wildman–Crippen MR) is 147 cm³/mol. The van der Waals surface area contributed by atoms with Crippen molar-refractivity contribution in [3.63, 3.8) is 0 Å². The summed E-state index contributed by atoms with van der Waals surface area (Å²) < 4.78 is 32.2. The smallest absolute Gasteiger partial charge is 0.416 e. The Morgan fingerprint density at radius 1 is 1.13 bits per heavy atom. The molecule has 39 heavy (non-hydrogen) atoms. The quantitative estimate of drug-likeness (QED) is 0.464. The maximum Gasteiger partial charge on any atom is 0.416 e. The second-order valence-corrected chi connectivity index (χ2v) is 12.0. The largest absolute Gasteiger partial charge is 0.443 e. The van der Waals surface area contributed by atoms with Gasteiger partial charge in [-0.3, -0.25) is 14.7 Å².